The summed E-state index contributed by atoms with van der Waals surface area (Å²) in [4.78, 5) is 26.5. The van der Waals surface area contributed by atoms with Gasteiger partial charge in [-0.05, 0) is 66.2 Å². The zero-order chi connectivity index (χ0) is 27.3. The molecule has 0 aromatic heterocycles. The second-order valence-corrected chi connectivity index (χ2v) is 9.66. The van der Waals surface area contributed by atoms with Gasteiger partial charge in [-0.25, -0.2) is 4.39 Å². The average molecular weight is 559 g/mol. The van der Waals surface area contributed by atoms with Crippen LogP contribution in [0.5, 0.6) is 0 Å². The van der Waals surface area contributed by atoms with Gasteiger partial charge in [0.25, 0.3) is 5.91 Å². The van der Waals surface area contributed by atoms with Gasteiger partial charge in [0.15, 0.2) is 0 Å². The molecule has 0 fully saturated rings. The number of amides is 2. The Balaban J connectivity index is 1.57. The van der Waals surface area contributed by atoms with Crippen molar-refractivity contribution < 1.29 is 27.2 Å². The fourth-order valence-electron chi connectivity index (χ4n) is 3.48. The first-order chi connectivity index (χ1) is 18.1. The number of halogens is 5. The van der Waals surface area contributed by atoms with Gasteiger partial charge in [0.1, 0.15) is 11.1 Å². The first kappa shape index (κ1) is 27.2. The van der Waals surface area contributed by atoms with E-state index in [9.17, 15) is 27.2 Å². The van der Waals surface area contributed by atoms with Gasteiger partial charge in [0, 0.05) is 16.1 Å². The third-order valence-corrected chi connectivity index (χ3v) is 6.92. The number of hydrogen-bond acceptors (Lipinski definition) is 3. The van der Waals surface area contributed by atoms with Crippen LogP contribution in [0.25, 0.3) is 0 Å². The Labute approximate surface area is 225 Å². The molecular weight excluding hydrogens is 540 g/mol. The highest BCUT2D eigenvalue weighted by molar-refractivity contribution is 8.00. The molecular formula is C28H19ClF4N2O2S. The quantitative estimate of drug-likeness (QED) is 0.177. The molecule has 4 rings (SSSR count). The van der Waals surface area contributed by atoms with E-state index < -0.39 is 34.6 Å². The maximum absolute atomic E-state index is 13.3. The molecule has 2 amide bonds. The summed E-state index contributed by atoms with van der Waals surface area (Å²) in [7, 11) is 0. The molecule has 0 spiro atoms. The normalized spacial score (nSPS) is 12.0. The topological polar surface area (TPSA) is 58.2 Å². The van der Waals surface area contributed by atoms with Gasteiger partial charge in [-0.1, -0.05) is 48.0 Å². The van der Waals surface area contributed by atoms with Crippen molar-refractivity contribution in [2.75, 3.05) is 10.6 Å². The third-order valence-electron chi connectivity index (χ3n) is 5.34. The van der Waals surface area contributed by atoms with E-state index in [0.717, 1.165) is 30.0 Å². The fourth-order valence-corrected chi connectivity index (χ4v) is 4.73. The molecule has 0 bridgehead atoms. The van der Waals surface area contributed by atoms with Gasteiger partial charge >= 0.3 is 6.18 Å². The van der Waals surface area contributed by atoms with Crippen LogP contribution in [0, 0.1) is 5.82 Å². The van der Waals surface area contributed by atoms with E-state index in [4.69, 9.17) is 11.6 Å². The van der Waals surface area contributed by atoms with E-state index in [0.29, 0.717) is 16.1 Å². The van der Waals surface area contributed by atoms with Gasteiger partial charge in [0.05, 0.1) is 16.3 Å². The lowest BCUT2D eigenvalue weighted by atomic mass is 10.1. The number of thioether (sulfide) groups is 1. The second-order valence-electron chi connectivity index (χ2n) is 8.08. The van der Waals surface area contributed by atoms with Crippen molar-refractivity contribution in [2.45, 2.75) is 16.3 Å². The molecule has 0 aliphatic heterocycles. The van der Waals surface area contributed by atoms with E-state index >= 15 is 0 Å². The SMILES string of the molecule is O=C(Nc1cccc(SC(C(=O)Nc2cc(C(F)(F)F)ccc2Cl)c2ccccc2)c1)c1ccc(F)cc1. The van der Waals surface area contributed by atoms with Crippen molar-refractivity contribution in [1.29, 1.82) is 0 Å². The molecule has 194 valence electrons. The second kappa shape index (κ2) is 11.7. The third kappa shape index (κ3) is 6.93. The Bertz CT molecular complexity index is 1450. The molecule has 0 aliphatic rings. The van der Waals surface area contributed by atoms with E-state index in [1.807, 2.05) is 0 Å². The van der Waals surface area contributed by atoms with Crippen LogP contribution in [0.15, 0.2) is 102 Å². The van der Waals surface area contributed by atoms with E-state index in [1.54, 1.807) is 54.6 Å². The first-order valence-corrected chi connectivity index (χ1v) is 12.4. The van der Waals surface area contributed by atoms with E-state index in [2.05, 4.69) is 10.6 Å². The van der Waals surface area contributed by atoms with Crippen molar-refractivity contribution in [1.82, 2.24) is 0 Å². The Morgan fingerprint density at radius 1 is 0.816 bits per heavy atom. The van der Waals surface area contributed by atoms with Gasteiger partial charge in [0.2, 0.25) is 5.91 Å². The molecule has 4 nitrogen and oxygen atoms in total. The van der Waals surface area contributed by atoms with E-state index in [1.165, 1.54) is 24.3 Å². The molecule has 0 aliphatic carbocycles. The highest BCUT2D eigenvalue weighted by Crippen LogP contribution is 2.39. The predicted molar refractivity (Wildman–Crippen MR) is 141 cm³/mol. The van der Waals surface area contributed by atoms with Crippen molar-refractivity contribution in [3.8, 4) is 0 Å². The molecule has 4 aromatic rings. The number of alkyl halides is 3. The van der Waals surface area contributed by atoms with Crippen molar-refractivity contribution in [3.63, 3.8) is 0 Å². The molecule has 4 aromatic carbocycles. The van der Waals surface area contributed by atoms with Crippen LogP contribution >= 0.6 is 23.4 Å². The summed E-state index contributed by atoms with van der Waals surface area (Å²) in [6.45, 7) is 0. The summed E-state index contributed by atoms with van der Waals surface area (Å²) in [5.41, 5.74) is 0.222. The maximum atomic E-state index is 13.3. The van der Waals surface area contributed by atoms with Crippen LogP contribution < -0.4 is 10.6 Å². The number of rotatable bonds is 7. The van der Waals surface area contributed by atoms with Crippen molar-refractivity contribution in [3.05, 3.63) is 125 Å². The summed E-state index contributed by atoms with van der Waals surface area (Å²) in [5.74, 6) is -1.48. The van der Waals surface area contributed by atoms with Crippen LogP contribution in [0.2, 0.25) is 5.02 Å². The molecule has 0 heterocycles. The Kier molecular flexibility index (Phi) is 8.38. The maximum Gasteiger partial charge on any atom is 0.416 e. The molecule has 1 unspecified atom stereocenters. The lowest BCUT2D eigenvalue weighted by Crippen LogP contribution is -2.20. The minimum absolute atomic E-state index is 0.0336. The smallest absolute Gasteiger partial charge is 0.323 e. The number of nitrogens with one attached hydrogen (secondary N) is 2. The van der Waals surface area contributed by atoms with Gasteiger partial charge in [-0.15, -0.1) is 11.8 Å². The highest BCUT2D eigenvalue weighted by atomic mass is 35.5. The van der Waals surface area contributed by atoms with Crippen LogP contribution in [-0.4, -0.2) is 11.8 Å². The van der Waals surface area contributed by atoms with Crippen LogP contribution in [0.1, 0.15) is 26.7 Å². The predicted octanol–water partition coefficient (Wildman–Crippen LogP) is 8.22. The summed E-state index contributed by atoms with van der Waals surface area (Å²) in [6.07, 6.45) is -4.60. The molecule has 38 heavy (non-hydrogen) atoms. The van der Waals surface area contributed by atoms with Crippen molar-refractivity contribution >= 4 is 46.6 Å². The van der Waals surface area contributed by atoms with Crippen LogP contribution in [0.4, 0.5) is 28.9 Å². The first-order valence-electron chi connectivity index (χ1n) is 11.2. The largest absolute Gasteiger partial charge is 0.416 e. The van der Waals surface area contributed by atoms with Crippen molar-refractivity contribution in [2.24, 2.45) is 0 Å². The summed E-state index contributed by atoms with van der Waals surface area (Å²) < 4.78 is 52.8. The zero-order valence-corrected chi connectivity index (χ0v) is 21.0. The lowest BCUT2D eigenvalue weighted by Gasteiger charge is -2.19. The van der Waals surface area contributed by atoms with Gasteiger partial charge < -0.3 is 10.6 Å². The summed E-state index contributed by atoms with van der Waals surface area (Å²) in [6, 6.07) is 23.2. The number of carbonyl (C=O) groups is 2. The Hall–Kier alpha value is -3.82. The van der Waals surface area contributed by atoms with Crippen LogP contribution in [-0.2, 0) is 11.0 Å². The number of benzene rings is 4. The van der Waals surface area contributed by atoms with Gasteiger partial charge in [-0.2, -0.15) is 13.2 Å². The van der Waals surface area contributed by atoms with Crippen LogP contribution in [0.3, 0.4) is 0 Å². The molecule has 0 saturated carbocycles. The molecule has 2 N–H and O–H groups in total. The Morgan fingerprint density at radius 3 is 2.21 bits per heavy atom. The molecule has 10 heteroatoms. The summed E-state index contributed by atoms with van der Waals surface area (Å²) >= 11 is 7.23. The standard InChI is InChI=1S/C28H19ClF4N2O2S/c29-23-14-11-19(28(31,32)33)15-24(23)35-27(37)25(17-5-2-1-3-6-17)38-22-8-4-7-21(16-22)34-26(36)18-9-12-20(30)13-10-18/h1-16,25H,(H,34,36)(H,35,37). The number of hydrogen-bond donors (Lipinski definition) is 2. The number of anilines is 2. The summed E-state index contributed by atoms with van der Waals surface area (Å²) in [5, 5.41) is 4.36. The zero-order valence-electron chi connectivity index (χ0n) is 19.4. The molecule has 0 radical (unpaired) electrons. The Morgan fingerprint density at radius 2 is 1.53 bits per heavy atom. The fraction of sp³-hybridized carbons (Fsp3) is 0.0714. The lowest BCUT2D eigenvalue weighted by molar-refractivity contribution is -0.137. The average Bonchev–Trinajstić information content (AvgIpc) is 2.89. The van der Waals surface area contributed by atoms with Gasteiger partial charge in [-0.3, -0.25) is 9.59 Å². The monoisotopic (exact) mass is 558 g/mol. The minimum Gasteiger partial charge on any atom is -0.323 e. The van der Waals surface area contributed by atoms with E-state index in [-0.39, 0.29) is 16.3 Å². The number of carbonyl (C=O) groups excluding carboxylic acids is 2. The minimum atomic E-state index is -4.60. The molecule has 0 saturated heterocycles. The highest BCUT2D eigenvalue weighted by Gasteiger charge is 2.31. The molecule has 1 atom stereocenters.